The second-order valence-electron chi connectivity index (χ2n) is 5.49. The second kappa shape index (κ2) is 6.16. The molecule has 0 saturated carbocycles. The number of aryl methyl sites for hydroxylation is 3. The van der Waals surface area contributed by atoms with Gasteiger partial charge in [0.1, 0.15) is 17.1 Å². The molecule has 2 amide bonds. The summed E-state index contributed by atoms with van der Waals surface area (Å²) in [5.41, 5.74) is 3.57. The molecule has 3 rings (SSSR count). The van der Waals surface area contributed by atoms with Crippen molar-refractivity contribution in [3.63, 3.8) is 0 Å². The van der Waals surface area contributed by atoms with Crippen LogP contribution in [-0.4, -0.2) is 11.2 Å². The monoisotopic (exact) mass is 313 g/mol. The van der Waals surface area contributed by atoms with Crippen molar-refractivity contribution in [1.29, 1.82) is 0 Å². The minimum atomic E-state index is -0.259. The summed E-state index contributed by atoms with van der Waals surface area (Å²) in [6.45, 7) is 6.39. The summed E-state index contributed by atoms with van der Waals surface area (Å²) in [5, 5.41) is 10.5. The van der Waals surface area contributed by atoms with Gasteiger partial charge in [-0.1, -0.05) is 23.4 Å². The first-order valence-electron chi connectivity index (χ1n) is 7.46. The molecular formula is C17H19N3O3. The number of benzene rings is 1. The van der Waals surface area contributed by atoms with Gasteiger partial charge in [-0.3, -0.25) is 0 Å². The summed E-state index contributed by atoms with van der Waals surface area (Å²) >= 11 is 0. The van der Waals surface area contributed by atoms with Crippen molar-refractivity contribution in [2.24, 2.45) is 0 Å². The first-order chi connectivity index (χ1) is 11.1. The second-order valence-corrected chi connectivity index (χ2v) is 5.49. The lowest BCUT2D eigenvalue weighted by Gasteiger charge is -2.06. The molecule has 0 aliphatic heterocycles. The van der Waals surface area contributed by atoms with E-state index >= 15 is 0 Å². The molecule has 2 aromatic heterocycles. The van der Waals surface area contributed by atoms with E-state index in [0.29, 0.717) is 13.1 Å². The molecule has 120 valence electrons. The van der Waals surface area contributed by atoms with E-state index in [2.05, 4.69) is 15.8 Å². The van der Waals surface area contributed by atoms with E-state index in [4.69, 9.17) is 8.94 Å². The average Bonchev–Trinajstić information content (AvgIpc) is 3.04. The van der Waals surface area contributed by atoms with Crippen LogP contribution >= 0.6 is 0 Å². The number of fused-ring (bicyclic) bond motifs is 1. The molecule has 0 radical (unpaired) electrons. The summed E-state index contributed by atoms with van der Waals surface area (Å²) in [6.07, 6.45) is 0. The third-order valence-electron chi connectivity index (χ3n) is 3.96. The predicted molar refractivity (Wildman–Crippen MR) is 86.0 cm³/mol. The third-order valence-corrected chi connectivity index (χ3v) is 3.96. The maximum Gasteiger partial charge on any atom is 0.315 e. The number of rotatable bonds is 4. The van der Waals surface area contributed by atoms with E-state index in [0.717, 1.165) is 39.3 Å². The van der Waals surface area contributed by atoms with E-state index in [9.17, 15) is 4.79 Å². The van der Waals surface area contributed by atoms with Gasteiger partial charge >= 0.3 is 6.03 Å². The van der Waals surface area contributed by atoms with Crippen LogP contribution in [0.4, 0.5) is 4.79 Å². The predicted octanol–water partition coefficient (Wildman–Crippen LogP) is 3.35. The van der Waals surface area contributed by atoms with Crippen molar-refractivity contribution in [1.82, 2.24) is 15.8 Å². The lowest BCUT2D eigenvalue weighted by Crippen LogP contribution is -2.34. The van der Waals surface area contributed by atoms with Crippen LogP contribution in [0.1, 0.15) is 28.3 Å². The van der Waals surface area contributed by atoms with Gasteiger partial charge in [0, 0.05) is 23.1 Å². The summed E-state index contributed by atoms with van der Waals surface area (Å²) in [7, 11) is 0. The number of hydrogen-bond donors (Lipinski definition) is 2. The van der Waals surface area contributed by atoms with Crippen LogP contribution < -0.4 is 10.6 Å². The summed E-state index contributed by atoms with van der Waals surface area (Å²) < 4.78 is 10.8. The zero-order valence-corrected chi connectivity index (χ0v) is 13.4. The number of carbonyl (C=O) groups is 1. The highest BCUT2D eigenvalue weighted by Gasteiger charge is 2.12. The number of urea groups is 1. The smallest absolute Gasteiger partial charge is 0.315 e. The van der Waals surface area contributed by atoms with Crippen molar-refractivity contribution >= 4 is 17.0 Å². The molecule has 0 unspecified atom stereocenters. The molecule has 0 bridgehead atoms. The van der Waals surface area contributed by atoms with E-state index in [1.165, 1.54) is 0 Å². The highest BCUT2D eigenvalue weighted by atomic mass is 16.5. The summed E-state index contributed by atoms with van der Waals surface area (Å²) in [6, 6.07) is 7.57. The highest BCUT2D eigenvalue weighted by molar-refractivity contribution is 5.82. The minimum Gasteiger partial charge on any atom is -0.459 e. The molecule has 1 aromatic carbocycles. The number of hydrogen-bond acceptors (Lipinski definition) is 4. The van der Waals surface area contributed by atoms with Crippen molar-refractivity contribution in [2.75, 3.05) is 0 Å². The van der Waals surface area contributed by atoms with E-state index in [1.807, 2.05) is 45.0 Å². The number of furan rings is 1. The maximum atomic E-state index is 11.9. The lowest BCUT2D eigenvalue weighted by molar-refractivity contribution is 0.239. The van der Waals surface area contributed by atoms with Crippen LogP contribution in [0, 0.1) is 20.8 Å². The normalized spacial score (nSPS) is 10.9. The first kappa shape index (κ1) is 15.1. The molecule has 0 fully saturated rings. The Kier molecular flexibility index (Phi) is 4.06. The Balaban J connectivity index is 1.59. The van der Waals surface area contributed by atoms with Crippen molar-refractivity contribution in [3.8, 4) is 0 Å². The Morgan fingerprint density at radius 2 is 1.87 bits per heavy atom. The summed E-state index contributed by atoms with van der Waals surface area (Å²) in [5.74, 6) is 1.48. The number of amides is 2. The first-order valence-corrected chi connectivity index (χ1v) is 7.46. The van der Waals surface area contributed by atoms with Crippen LogP contribution in [0.5, 0.6) is 0 Å². The number of nitrogens with zero attached hydrogens (tertiary/aromatic N) is 1. The van der Waals surface area contributed by atoms with Crippen LogP contribution in [0.15, 0.2) is 33.2 Å². The van der Waals surface area contributed by atoms with Gasteiger partial charge in [0.2, 0.25) is 0 Å². The van der Waals surface area contributed by atoms with Crippen LogP contribution in [0.2, 0.25) is 0 Å². The Labute approximate surface area is 133 Å². The largest absolute Gasteiger partial charge is 0.459 e. The molecule has 0 saturated heterocycles. The lowest BCUT2D eigenvalue weighted by atomic mass is 10.1. The molecule has 0 aliphatic rings. The Hall–Kier alpha value is -2.76. The SMILES string of the molecule is Cc1noc(C)c1CNC(=O)NCc1oc2ccccc2c1C. The molecule has 3 aromatic rings. The number of para-hydroxylation sites is 1. The highest BCUT2D eigenvalue weighted by Crippen LogP contribution is 2.24. The molecule has 0 atom stereocenters. The minimum absolute atomic E-state index is 0.259. The molecule has 23 heavy (non-hydrogen) atoms. The standard InChI is InChI=1S/C17H19N3O3/c1-10-13-6-4-5-7-15(13)22-16(10)9-19-17(21)18-8-14-11(2)20-23-12(14)3/h4-7H,8-9H2,1-3H3,(H2,18,19,21). The Morgan fingerprint density at radius 3 is 2.57 bits per heavy atom. The van der Waals surface area contributed by atoms with Gasteiger partial charge in [0.25, 0.3) is 0 Å². The topological polar surface area (TPSA) is 80.3 Å². The Bertz CT molecular complexity index is 829. The number of aromatic nitrogens is 1. The molecule has 6 heteroatoms. The van der Waals surface area contributed by atoms with Gasteiger partial charge in [-0.05, 0) is 26.8 Å². The van der Waals surface area contributed by atoms with E-state index < -0.39 is 0 Å². The molecule has 2 N–H and O–H groups in total. The Morgan fingerprint density at radius 1 is 1.13 bits per heavy atom. The average molecular weight is 313 g/mol. The zero-order valence-electron chi connectivity index (χ0n) is 13.4. The summed E-state index contributed by atoms with van der Waals surface area (Å²) in [4.78, 5) is 11.9. The zero-order chi connectivity index (χ0) is 16.4. The van der Waals surface area contributed by atoms with Gasteiger partial charge in [0.05, 0.1) is 12.2 Å². The van der Waals surface area contributed by atoms with Gasteiger partial charge in [-0.2, -0.15) is 0 Å². The fraction of sp³-hybridized carbons (Fsp3) is 0.294. The van der Waals surface area contributed by atoms with Gasteiger partial charge in [-0.25, -0.2) is 4.79 Å². The quantitative estimate of drug-likeness (QED) is 0.774. The van der Waals surface area contributed by atoms with Crippen LogP contribution in [0.25, 0.3) is 11.0 Å². The third kappa shape index (κ3) is 3.06. The van der Waals surface area contributed by atoms with E-state index in [-0.39, 0.29) is 6.03 Å². The molecule has 6 nitrogen and oxygen atoms in total. The van der Waals surface area contributed by atoms with Crippen molar-refractivity contribution in [3.05, 3.63) is 52.6 Å². The molecule has 0 aliphatic carbocycles. The van der Waals surface area contributed by atoms with Crippen LogP contribution in [0.3, 0.4) is 0 Å². The molecule has 0 spiro atoms. The van der Waals surface area contributed by atoms with E-state index in [1.54, 1.807) is 0 Å². The van der Waals surface area contributed by atoms with Gasteiger partial charge in [0.15, 0.2) is 0 Å². The fourth-order valence-corrected chi connectivity index (χ4v) is 2.54. The number of nitrogens with one attached hydrogen (secondary N) is 2. The van der Waals surface area contributed by atoms with Gasteiger partial charge in [-0.15, -0.1) is 0 Å². The van der Waals surface area contributed by atoms with Crippen molar-refractivity contribution < 1.29 is 13.7 Å². The maximum absolute atomic E-state index is 11.9. The van der Waals surface area contributed by atoms with Crippen LogP contribution in [-0.2, 0) is 13.1 Å². The molecular weight excluding hydrogens is 294 g/mol. The fourth-order valence-electron chi connectivity index (χ4n) is 2.54. The molecule has 2 heterocycles. The number of carbonyl (C=O) groups excluding carboxylic acids is 1. The van der Waals surface area contributed by atoms with Gasteiger partial charge < -0.3 is 19.6 Å². The van der Waals surface area contributed by atoms with Crippen molar-refractivity contribution in [2.45, 2.75) is 33.9 Å².